The van der Waals surface area contributed by atoms with Crippen LogP contribution < -0.4 is 15.4 Å². The summed E-state index contributed by atoms with van der Waals surface area (Å²) in [4.78, 5) is 16.5. The molecule has 2 N–H and O–H groups in total. The Morgan fingerprint density at radius 1 is 0.923 bits per heavy atom. The smallest absolute Gasteiger partial charge is 0.274 e. The highest BCUT2D eigenvalue weighted by atomic mass is 35.5. The minimum Gasteiger partial charge on any atom is -0.497 e. The van der Waals surface area contributed by atoms with Crippen LogP contribution in [0.2, 0.25) is 10.0 Å². The number of hydrogen-bond donors (Lipinski definition) is 2. The number of amides is 1. The summed E-state index contributed by atoms with van der Waals surface area (Å²) in [6.45, 7) is 0. The molecule has 3 rings (SSSR count). The zero-order chi connectivity index (χ0) is 18.5. The summed E-state index contributed by atoms with van der Waals surface area (Å²) in [6.07, 6.45) is 1.56. The highest BCUT2D eigenvalue weighted by molar-refractivity contribution is 6.42. The average molecular weight is 388 g/mol. The highest BCUT2D eigenvalue weighted by Crippen LogP contribution is 2.27. The van der Waals surface area contributed by atoms with Crippen molar-refractivity contribution in [2.45, 2.75) is 0 Å². The Labute approximate surface area is 160 Å². The van der Waals surface area contributed by atoms with Crippen molar-refractivity contribution in [3.63, 3.8) is 0 Å². The van der Waals surface area contributed by atoms with Gasteiger partial charge < -0.3 is 15.4 Å². The molecule has 0 unspecified atom stereocenters. The summed E-state index contributed by atoms with van der Waals surface area (Å²) in [7, 11) is 1.59. The summed E-state index contributed by atoms with van der Waals surface area (Å²) in [5, 5.41) is 6.89. The van der Waals surface area contributed by atoms with Gasteiger partial charge in [-0.15, -0.1) is 0 Å². The molecule has 0 aliphatic heterocycles. The maximum Gasteiger partial charge on any atom is 0.274 e. The third-order valence-electron chi connectivity index (χ3n) is 3.55. The quantitative estimate of drug-likeness (QED) is 0.615. The van der Waals surface area contributed by atoms with Crippen LogP contribution >= 0.6 is 23.2 Å². The van der Waals surface area contributed by atoms with Crippen molar-refractivity contribution >= 4 is 46.2 Å². The first-order valence-corrected chi connectivity index (χ1v) is 8.44. The van der Waals surface area contributed by atoms with Crippen LogP contribution in [0.4, 0.5) is 17.1 Å². The lowest BCUT2D eigenvalue weighted by molar-refractivity contribution is 0.102. The van der Waals surface area contributed by atoms with Gasteiger partial charge in [0.15, 0.2) is 0 Å². The fraction of sp³-hybridized carbons (Fsp3) is 0.0526. The number of hydrogen-bond acceptors (Lipinski definition) is 4. The number of nitrogens with zero attached hydrogens (tertiary/aromatic N) is 1. The number of anilines is 3. The van der Waals surface area contributed by atoms with Crippen molar-refractivity contribution in [3.05, 3.63) is 76.5 Å². The van der Waals surface area contributed by atoms with Crippen molar-refractivity contribution in [1.82, 2.24) is 4.98 Å². The lowest BCUT2D eigenvalue weighted by Gasteiger charge is -2.09. The third kappa shape index (κ3) is 4.45. The zero-order valence-electron chi connectivity index (χ0n) is 13.8. The van der Waals surface area contributed by atoms with Crippen LogP contribution in [0, 0.1) is 0 Å². The molecule has 0 fully saturated rings. The molecule has 0 aliphatic carbocycles. The molecule has 2 aromatic carbocycles. The van der Waals surface area contributed by atoms with E-state index in [0.717, 1.165) is 5.69 Å². The summed E-state index contributed by atoms with van der Waals surface area (Å²) < 4.78 is 5.10. The molecular formula is C19H15Cl2N3O2. The Morgan fingerprint density at radius 3 is 2.31 bits per heavy atom. The van der Waals surface area contributed by atoms with E-state index in [0.29, 0.717) is 27.2 Å². The Kier molecular flexibility index (Phi) is 5.61. The topological polar surface area (TPSA) is 63.2 Å². The first-order valence-electron chi connectivity index (χ1n) is 7.69. The van der Waals surface area contributed by atoms with Crippen molar-refractivity contribution < 1.29 is 9.53 Å². The zero-order valence-corrected chi connectivity index (χ0v) is 15.3. The Balaban J connectivity index is 1.73. The SMILES string of the molecule is COc1ccc(NC(=O)c2cc(Nc3ccc(Cl)c(Cl)c3)ccn2)cc1. The number of benzene rings is 2. The molecule has 0 saturated heterocycles. The third-order valence-corrected chi connectivity index (χ3v) is 4.29. The summed E-state index contributed by atoms with van der Waals surface area (Å²) in [5.74, 6) is 0.405. The van der Waals surface area contributed by atoms with E-state index in [1.54, 1.807) is 67.9 Å². The molecule has 1 amide bonds. The first kappa shape index (κ1) is 18.0. The number of aromatic nitrogens is 1. The number of carbonyl (C=O) groups excluding carboxylic acids is 1. The Morgan fingerprint density at radius 2 is 1.62 bits per heavy atom. The van der Waals surface area contributed by atoms with E-state index in [4.69, 9.17) is 27.9 Å². The van der Waals surface area contributed by atoms with Gasteiger partial charge in [0.05, 0.1) is 17.2 Å². The molecule has 132 valence electrons. The lowest BCUT2D eigenvalue weighted by Crippen LogP contribution is -2.13. The van der Waals surface area contributed by atoms with Crippen molar-refractivity contribution in [1.29, 1.82) is 0 Å². The summed E-state index contributed by atoms with van der Waals surface area (Å²) >= 11 is 11.9. The van der Waals surface area contributed by atoms with Crippen LogP contribution in [0.1, 0.15) is 10.5 Å². The maximum atomic E-state index is 12.4. The summed E-state index contributed by atoms with van der Waals surface area (Å²) in [6, 6.07) is 15.7. The van der Waals surface area contributed by atoms with E-state index < -0.39 is 0 Å². The predicted molar refractivity (Wildman–Crippen MR) is 105 cm³/mol. The van der Waals surface area contributed by atoms with E-state index in [1.165, 1.54) is 0 Å². The van der Waals surface area contributed by atoms with Crippen molar-refractivity contribution in [3.8, 4) is 5.75 Å². The molecule has 26 heavy (non-hydrogen) atoms. The maximum absolute atomic E-state index is 12.4. The molecular weight excluding hydrogens is 373 g/mol. The summed E-state index contributed by atoms with van der Waals surface area (Å²) in [5.41, 5.74) is 2.40. The largest absolute Gasteiger partial charge is 0.497 e. The molecule has 7 heteroatoms. The Hall–Kier alpha value is -2.76. The van der Waals surface area contributed by atoms with Gasteiger partial charge in [0, 0.05) is 23.3 Å². The fourth-order valence-electron chi connectivity index (χ4n) is 2.24. The van der Waals surface area contributed by atoms with E-state index in [-0.39, 0.29) is 11.6 Å². The lowest BCUT2D eigenvalue weighted by atomic mass is 10.2. The number of carbonyl (C=O) groups is 1. The molecule has 0 atom stereocenters. The van der Waals surface area contributed by atoms with Crippen molar-refractivity contribution in [2.75, 3.05) is 17.7 Å². The first-order chi connectivity index (χ1) is 12.5. The highest BCUT2D eigenvalue weighted by Gasteiger charge is 2.09. The second kappa shape index (κ2) is 8.08. The van der Waals surface area contributed by atoms with Crippen molar-refractivity contribution in [2.24, 2.45) is 0 Å². The second-order valence-corrected chi connectivity index (χ2v) is 6.18. The van der Waals surface area contributed by atoms with Gasteiger partial charge in [-0.1, -0.05) is 23.2 Å². The number of methoxy groups -OCH3 is 1. The van der Waals surface area contributed by atoms with E-state index in [1.807, 2.05) is 0 Å². The molecule has 0 radical (unpaired) electrons. The van der Waals surface area contributed by atoms with Gasteiger partial charge in [0.2, 0.25) is 0 Å². The molecule has 1 aromatic heterocycles. The standard InChI is InChI=1S/C19H15Cl2N3O2/c1-26-15-5-2-12(3-6-15)24-19(25)18-11-14(8-9-22-18)23-13-4-7-16(20)17(21)10-13/h2-11H,1H3,(H,22,23)(H,24,25). The predicted octanol–water partition coefficient (Wildman–Crippen LogP) is 5.39. The van der Waals surface area contributed by atoms with Gasteiger partial charge in [-0.2, -0.15) is 0 Å². The second-order valence-electron chi connectivity index (χ2n) is 5.37. The molecule has 3 aromatic rings. The average Bonchev–Trinajstić information content (AvgIpc) is 2.65. The van der Waals surface area contributed by atoms with Gasteiger partial charge in [0.25, 0.3) is 5.91 Å². The van der Waals surface area contributed by atoms with Gasteiger partial charge in [-0.05, 0) is 54.6 Å². The van der Waals surface area contributed by atoms with Crippen LogP contribution in [0.5, 0.6) is 5.75 Å². The van der Waals surface area contributed by atoms with Crippen LogP contribution in [0.3, 0.4) is 0 Å². The number of halogens is 2. The number of rotatable bonds is 5. The minimum absolute atomic E-state index is 0.283. The van der Waals surface area contributed by atoms with Gasteiger partial charge in [-0.3, -0.25) is 9.78 Å². The number of nitrogens with one attached hydrogen (secondary N) is 2. The minimum atomic E-state index is -0.312. The van der Waals surface area contributed by atoms with Crippen LogP contribution in [0.25, 0.3) is 0 Å². The molecule has 0 aliphatic rings. The Bertz CT molecular complexity index is 930. The van der Waals surface area contributed by atoms with Crippen LogP contribution in [0.15, 0.2) is 60.8 Å². The molecule has 1 heterocycles. The van der Waals surface area contributed by atoms with E-state index in [2.05, 4.69) is 15.6 Å². The number of ether oxygens (including phenoxy) is 1. The van der Waals surface area contributed by atoms with Crippen LogP contribution in [-0.4, -0.2) is 18.0 Å². The molecule has 0 saturated carbocycles. The van der Waals surface area contributed by atoms with E-state index in [9.17, 15) is 4.79 Å². The van der Waals surface area contributed by atoms with Gasteiger partial charge in [-0.25, -0.2) is 0 Å². The molecule has 0 bridgehead atoms. The monoisotopic (exact) mass is 387 g/mol. The normalized spacial score (nSPS) is 10.3. The van der Waals surface area contributed by atoms with Gasteiger partial charge in [0.1, 0.15) is 11.4 Å². The van der Waals surface area contributed by atoms with Crippen LogP contribution in [-0.2, 0) is 0 Å². The fourth-order valence-corrected chi connectivity index (χ4v) is 2.54. The number of pyridine rings is 1. The molecule has 5 nitrogen and oxygen atoms in total. The molecule has 0 spiro atoms. The van der Waals surface area contributed by atoms with Gasteiger partial charge >= 0.3 is 0 Å². The van der Waals surface area contributed by atoms with E-state index >= 15 is 0 Å².